The number of piperazine rings is 1. The van der Waals surface area contributed by atoms with E-state index in [0.29, 0.717) is 16.1 Å². The van der Waals surface area contributed by atoms with Crippen molar-refractivity contribution in [2.24, 2.45) is 0 Å². The molecule has 156 valence electrons. The third-order valence-corrected chi connectivity index (χ3v) is 6.45. The zero-order valence-electron chi connectivity index (χ0n) is 17.6. The van der Waals surface area contributed by atoms with Crippen LogP contribution in [0.15, 0.2) is 52.4 Å². The van der Waals surface area contributed by atoms with Gasteiger partial charge >= 0.3 is 0 Å². The molecule has 30 heavy (non-hydrogen) atoms. The highest BCUT2D eigenvalue weighted by Gasteiger charge is 2.21. The van der Waals surface area contributed by atoms with Gasteiger partial charge in [-0.2, -0.15) is 0 Å². The molecule has 0 atom stereocenters. The number of likely N-dealkylation sites (N-methyl/N-ethyl adjacent to an activating group) is 1. The highest BCUT2D eigenvalue weighted by molar-refractivity contribution is 7.99. The number of carbonyl (C=O) groups excluding carboxylic acids is 1. The van der Waals surface area contributed by atoms with Gasteiger partial charge in [-0.25, -0.2) is 4.98 Å². The minimum absolute atomic E-state index is 0.0861. The summed E-state index contributed by atoms with van der Waals surface area (Å²) >= 11 is 1.34. The number of fused-ring (bicyclic) bond motifs is 1. The maximum absolute atomic E-state index is 13.4. The first kappa shape index (κ1) is 20.6. The molecule has 0 aliphatic carbocycles. The lowest BCUT2D eigenvalue weighted by molar-refractivity contribution is -0.129. The van der Waals surface area contributed by atoms with Crippen LogP contribution in [0, 0.1) is 13.8 Å². The van der Waals surface area contributed by atoms with Crippen LogP contribution in [0.2, 0.25) is 0 Å². The number of carbonyl (C=O) groups is 1. The number of aryl methyl sites for hydroxylation is 2. The van der Waals surface area contributed by atoms with Gasteiger partial charge in [0, 0.05) is 26.2 Å². The Morgan fingerprint density at radius 2 is 1.80 bits per heavy atom. The Balaban J connectivity index is 1.72. The molecule has 1 saturated heterocycles. The minimum Gasteiger partial charge on any atom is -0.339 e. The third kappa shape index (κ3) is 4.13. The molecule has 0 bridgehead atoms. The predicted molar refractivity (Wildman–Crippen MR) is 122 cm³/mol. The topological polar surface area (TPSA) is 58.4 Å². The average Bonchev–Trinajstić information content (AvgIpc) is 2.74. The van der Waals surface area contributed by atoms with Gasteiger partial charge in [0.05, 0.1) is 22.3 Å². The van der Waals surface area contributed by atoms with Crippen LogP contribution in [0.25, 0.3) is 16.6 Å². The van der Waals surface area contributed by atoms with Crippen LogP contribution < -0.4 is 5.56 Å². The molecule has 0 N–H and O–H groups in total. The number of benzene rings is 2. The number of hydrogen-bond donors (Lipinski definition) is 0. The summed E-state index contributed by atoms with van der Waals surface area (Å²) in [6.07, 6.45) is 0. The SMILES string of the molecule is Cc1ccc(C)c(-n2c(SCC(=O)N3CCN(C)CC3)nc3ccccc3c2=O)c1. The van der Waals surface area contributed by atoms with Crippen LogP contribution in [-0.2, 0) is 4.79 Å². The lowest BCUT2D eigenvalue weighted by Crippen LogP contribution is -2.47. The van der Waals surface area contributed by atoms with E-state index in [0.717, 1.165) is 43.0 Å². The van der Waals surface area contributed by atoms with Crippen molar-refractivity contribution in [3.63, 3.8) is 0 Å². The van der Waals surface area contributed by atoms with Crippen molar-refractivity contribution in [2.75, 3.05) is 39.0 Å². The zero-order valence-corrected chi connectivity index (χ0v) is 18.4. The second kappa shape index (κ2) is 8.62. The Bertz CT molecular complexity index is 1150. The van der Waals surface area contributed by atoms with Gasteiger partial charge in [-0.3, -0.25) is 14.2 Å². The fraction of sp³-hybridized carbons (Fsp3) is 0.348. The molecule has 2 aromatic carbocycles. The number of nitrogens with zero attached hydrogens (tertiary/aromatic N) is 4. The molecule has 1 fully saturated rings. The van der Waals surface area contributed by atoms with Crippen molar-refractivity contribution in [1.82, 2.24) is 19.4 Å². The Morgan fingerprint density at radius 3 is 2.57 bits per heavy atom. The van der Waals surface area contributed by atoms with Gasteiger partial charge in [-0.15, -0.1) is 0 Å². The van der Waals surface area contributed by atoms with E-state index in [4.69, 9.17) is 4.98 Å². The van der Waals surface area contributed by atoms with Gasteiger partial charge < -0.3 is 9.80 Å². The fourth-order valence-corrected chi connectivity index (χ4v) is 4.56. The second-order valence-electron chi connectivity index (χ2n) is 7.81. The van der Waals surface area contributed by atoms with Crippen LogP contribution in [0.5, 0.6) is 0 Å². The molecule has 0 unspecified atom stereocenters. The molecular formula is C23H26N4O2S. The Morgan fingerprint density at radius 1 is 1.07 bits per heavy atom. The first-order chi connectivity index (χ1) is 14.4. The Labute approximate surface area is 180 Å². The van der Waals surface area contributed by atoms with E-state index < -0.39 is 0 Å². The lowest BCUT2D eigenvalue weighted by atomic mass is 10.1. The van der Waals surface area contributed by atoms with Crippen molar-refractivity contribution in [1.29, 1.82) is 0 Å². The highest BCUT2D eigenvalue weighted by Crippen LogP contribution is 2.24. The molecule has 0 radical (unpaired) electrons. The van der Waals surface area contributed by atoms with Crippen LogP contribution in [0.1, 0.15) is 11.1 Å². The maximum atomic E-state index is 13.4. The van der Waals surface area contributed by atoms with Gasteiger partial charge in [0.15, 0.2) is 5.16 Å². The Hall–Kier alpha value is -2.64. The van der Waals surface area contributed by atoms with Crippen LogP contribution >= 0.6 is 11.8 Å². The molecule has 1 aliphatic heterocycles. The van der Waals surface area contributed by atoms with Gasteiger partial charge in [-0.05, 0) is 50.2 Å². The van der Waals surface area contributed by atoms with Crippen LogP contribution in [-0.4, -0.2) is 64.2 Å². The highest BCUT2D eigenvalue weighted by atomic mass is 32.2. The maximum Gasteiger partial charge on any atom is 0.266 e. The molecule has 6 nitrogen and oxygen atoms in total. The smallest absolute Gasteiger partial charge is 0.266 e. The van der Waals surface area contributed by atoms with Crippen molar-refractivity contribution in [3.8, 4) is 5.69 Å². The Kier molecular flexibility index (Phi) is 5.92. The molecule has 4 rings (SSSR count). The molecule has 1 amide bonds. The molecule has 0 spiro atoms. The van der Waals surface area contributed by atoms with E-state index in [-0.39, 0.29) is 17.2 Å². The van der Waals surface area contributed by atoms with Crippen molar-refractivity contribution >= 4 is 28.6 Å². The van der Waals surface area contributed by atoms with Crippen molar-refractivity contribution < 1.29 is 4.79 Å². The van der Waals surface area contributed by atoms with E-state index in [2.05, 4.69) is 11.9 Å². The number of amides is 1. The lowest BCUT2D eigenvalue weighted by Gasteiger charge is -2.32. The van der Waals surface area contributed by atoms with E-state index >= 15 is 0 Å². The molecule has 1 aliphatic rings. The molecule has 2 heterocycles. The van der Waals surface area contributed by atoms with Gasteiger partial charge in [-0.1, -0.05) is 36.0 Å². The molecule has 1 aromatic heterocycles. The van der Waals surface area contributed by atoms with Crippen molar-refractivity contribution in [2.45, 2.75) is 19.0 Å². The molecule has 7 heteroatoms. The first-order valence-corrected chi connectivity index (χ1v) is 11.1. The third-order valence-electron chi connectivity index (χ3n) is 5.53. The summed E-state index contributed by atoms with van der Waals surface area (Å²) in [5.41, 5.74) is 3.42. The van der Waals surface area contributed by atoms with E-state index in [9.17, 15) is 9.59 Å². The summed E-state index contributed by atoms with van der Waals surface area (Å²) < 4.78 is 1.66. The number of para-hydroxylation sites is 1. The second-order valence-corrected chi connectivity index (χ2v) is 8.76. The molecular weight excluding hydrogens is 396 g/mol. The summed E-state index contributed by atoms with van der Waals surface area (Å²) in [5, 5.41) is 1.13. The van der Waals surface area contributed by atoms with Crippen LogP contribution in [0.4, 0.5) is 0 Å². The quantitative estimate of drug-likeness (QED) is 0.478. The summed E-state index contributed by atoms with van der Waals surface area (Å²) in [7, 11) is 2.07. The number of hydrogen-bond acceptors (Lipinski definition) is 5. The van der Waals surface area contributed by atoms with E-state index in [1.54, 1.807) is 10.6 Å². The summed E-state index contributed by atoms with van der Waals surface area (Å²) in [6.45, 7) is 7.25. The summed E-state index contributed by atoms with van der Waals surface area (Å²) in [5.74, 6) is 0.349. The average molecular weight is 423 g/mol. The summed E-state index contributed by atoms with van der Waals surface area (Å²) in [6, 6.07) is 13.4. The molecule has 0 saturated carbocycles. The van der Waals surface area contributed by atoms with E-state index in [1.165, 1.54) is 11.8 Å². The monoisotopic (exact) mass is 422 g/mol. The number of rotatable bonds is 4. The van der Waals surface area contributed by atoms with Crippen molar-refractivity contribution in [3.05, 3.63) is 63.9 Å². The van der Waals surface area contributed by atoms with Crippen LogP contribution in [0.3, 0.4) is 0 Å². The standard InChI is InChI=1S/C23H26N4O2S/c1-16-8-9-17(2)20(14-16)27-22(29)18-6-4-5-7-19(18)24-23(27)30-15-21(28)26-12-10-25(3)11-13-26/h4-9,14H,10-13,15H2,1-3H3. The fourth-order valence-electron chi connectivity index (χ4n) is 3.66. The van der Waals surface area contributed by atoms with E-state index in [1.807, 2.05) is 55.1 Å². The zero-order chi connectivity index (χ0) is 21.3. The van der Waals surface area contributed by atoms with Gasteiger partial charge in [0.2, 0.25) is 5.91 Å². The molecule has 3 aromatic rings. The van der Waals surface area contributed by atoms with Gasteiger partial charge in [0.1, 0.15) is 0 Å². The minimum atomic E-state index is -0.108. The number of aromatic nitrogens is 2. The number of thioether (sulfide) groups is 1. The predicted octanol–water partition coefficient (Wildman–Crippen LogP) is 2.87. The van der Waals surface area contributed by atoms with Gasteiger partial charge in [0.25, 0.3) is 5.56 Å². The largest absolute Gasteiger partial charge is 0.339 e. The normalized spacial score (nSPS) is 15.0. The first-order valence-electron chi connectivity index (χ1n) is 10.1. The summed E-state index contributed by atoms with van der Waals surface area (Å²) in [4.78, 5) is 35.1.